The molecular formula is C23H25N5O6S. The summed E-state index contributed by atoms with van der Waals surface area (Å²) >= 11 is 0. The van der Waals surface area contributed by atoms with Gasteiger partial charge in [-0.2, -0.15) is 9.40 Å². The van der Waals surface area contributed by atoms with E-state index in [2.05, 4.69) is 10.4 Å². The van der Waals surface area contributed by atoms with Crippen molar-refractivity contribution in [3.8, 4) is 5.69 Å². The quantitative estimate of drug-likeness (QED) is 0.370. The summed E-state index contributed by atoms with van der Waals surface area (Å²) in [5.74, 6) is -0.765. The van der Waals surface area contributed by atoms with Gasteiger partial charge in [-0.1, -0.05) is 24.3 Å². The van der Waals surface area contributed by atoms with Gasteiger partial charge in [-0.15, -0.1) is 0 Å². The predicted molar refractivity (Wildman–Crippen MR) is 129 cm³/mol. The van der Waals surface area contributed by atoms with Gasteiger partial charge in [0.2, 0.25) is 15.5 Å². The van der Waals surface area contributed by atoms with E-state index in [1.165, 1.54) is 52.4 Å². The topological polar surface area (TPSA) is 145 Å². The first kappa shape index (κ1) is 25.7. The molecule has 2 aromatic carbocycles. The van der Waals surface area contributed by atoms with Crippen molar-refractivity contribution in [2.24, 2.45) is 0 Å². The molecule has 0 saturated carbocycles. The van der Waals surface area contributed by atoms with Gasteiger partial charge >= 0.3 is 0 Å². The molecule has 0 bridgehead atoms. The standard InChI is InChI=1S/C23H25N5O6S/c1-15(2)26(4)35(33,34)18-11-9-17(10-12-18)14-24-23(30)22-21(29)13-16(3)27(25-22)19-7-5-6-8-20(19)28(31)32/h5-13,15H,14H2,1-4H3,(H,24,30). The molecule has 3 rings (SSSR count). The van der Waals surface area contributed by atoms with Gasteiger partial charge in [0.25, 0.3) is 11.6 Å². The highest BCUT2D eigenvalue weighted by Gasteiger charge is 2.23. The first-order valence-electron chi connectivity index (χ1n) is 10.6. The fraction of sp³-hybridized carbons (Fsp3) is 0.261. The number of carbonyl (C=O) groups is 1. The Bertz CT molecular complexity index is 1430. The first-order valence-corrected chi connectivity index (χ1v) is 12.1. The van der Waals surface area contributed by atoms with E-state index in [-0.39, 0.29) is 28.9 Å². The molecule has 11 nitrogen and oxygen atoms in total. The van der Waals surface area contributed by atoms with Crippen molar-refractivity contribution in [3.05, 3.63) is 91.9 Å². The average molecular weight is 500 g/mol. The highest BCUT2D eigenvalue weighted by atomic mass is 32.2. The molecule has 0 unspecified atom stereocenters. The molecule has 184 valence electrons. The summed E-state index contributed by atoms with van der Waals surface area (Å²) in [4.78, 5) is 36.1. The average Bonchev–Trinajstić information content (AvgIpc) is 2.82. The molecule has 0 spiro atoms. The number of nitrogens with zero attached hydrogens (tertiary/aromatic N) is 4. The van der Waals surface area contributed by atoms with E-state index >= 15 is 0 Å². The normalized spacial score (nSPS) is 11.6. The lowest BCUT2D eigenvalue weighted by molar-refractivity contribution is -0.384. The second-order valence-corrected chi connectivity index (χ2v) is 10.1. The van der Waals surface area contributed by atoms with E-state index < -0.39 is 32.0 Å². The van der Waals surface area contributed by atoms with Crippen molar-refractivity contribution in [1.82, 2.24) is 19.4 Å². The zero-order valence-electron chi connectivity index (χ0n) is 19.6. The molecule has 0 aliphatic carbocycles. The summed E-state index contributed by atoms with van der Waals surface area (Å²) in [7, 11) is -2.14. The van der Waals surface area contributed by atoms with Gasteiger partial charge in [0.15, 0.2) is 5.69 Å². The van der Waals surface area contributed by atoms with Crippen molar-refractivity contribution in [3.63, 3.8) is 0 Å². The number of aryl methyl sites for hydroxylation is 1. The minimum Gasteiger partial charge on any atom is -0.346 e. The Morgan fingerprint density at radius 2 is 1.80 bits per heavy atom. The zero-order chi connectivity index (χ0) is 25.9. The largest absolute Gasteiger partial charge is 0.346 e. The van der Waals surface area contributed by atoms with Crippen molar-refractivity contribution in [2.75, 3.05) is 7.05 Å². The summed E-state index contributed by atoms with van der Waals surface area (Å²) in [5, 5.41) is 18.1. The Balaban J connectivity index is 1.82. The molecule has 0 aliphatic heterocycles. The molecule has 0 saturated heterocycles. The fourth-order valence-corrected chi connectivity index (χ4v) is 4.60. The molecule has 12 heteroatoms. The molecule has 35 heavy (non-hydrogen) atoms. The lowest BCUT2D eigenvalue weighted by Crippen LogP contribution is -2.33. The molecule has 0 aliphatic rings. The molecule has 1 amide bonds. The zero-order valence-corrected chi connectivity index (χ0v) is 20.4. The van der Waals surface area contributed by atoms with E-state index in [9.17, 15) is 28.1 Å². The number of nitrogens with one attached hydrogen (secondary N) is 1. The summed E-state index contributed by atoms with van der Waals surface area (Å²) in [6.45, 7) is 5.11. The van der Waals surface area contributed by atoms with Crippen LogP contribution in [0.3, 0.4) is 0 Å². The molecule has 1 aromatic heterocycles. The molecule has 1 heterocycles. The predicted octanol–water partition coefficient (Wildman–Crippen LogP) is 2.41. The van der Waals surface area contributed by atoms with Gasteiger partial charge in [-0.3, -0.25) is 19.7 Å². The smallest absolute Gasteiger partial charge is 0.294 e. The minimum absolute atomic E-state index is 0.0136. The van der Waals surface area contributed by atoms with Gasteiger partial charge < -0.3 is 5.32 Å². The van der Waals surface area contributed by atoms with Gasteiger partial charge in [-0.25, -0.2) is 13.1 Å². The van der Waals surface area contributed by atoms with Crippen LogP contribution in [0, 0.1) is 17.0 Å². The Morgan fingerprint density at radius 1 is 1.17 bits per heavy atom. The van der Waals surface area contributed by atoms with E-state index in [1.807, 2.05) is 0 Å². The van der Waals surface area contributed by atoms with Crippen LogP contribution >= 0.6 is 0 Å². The molecule has 0 atom stereocenters. The van der Waals surface area contributed by atoms with Crippen molar-refractivity contribution in [1.29, 1.82) is 0 Å². The Kier molecular flexibility index (Phi) is 7.46. The summed E-state index contributed by atoms with van der Waals surface area (Å²) in [6.07, 6.45) is 0. The third-order valence-electron chi connectivity index (χ3n) is 5.41. The number of nitro benzene ring substituents is 1. The maximum absolute atomic E-state index is 12.7. The lowest BCUT2D eigenvalue weighted by atomic mass is 10.2. The number of sulfonamides is 1. The van der Waals surface area contributed by atoms with E-state index in [0.29, 0.717) is 11.3 Å². The van der Waals surface area contributed by atoms with Crippen LogP contribution in [-0.2, 0) is 16.6 Å². The highest BCUT2D eigenvalue weighted by Crippen LogP contribution is 2.22. The second kappa shape index (κ2) is 10.2. The third kappa shape index (κ3) is 5.44. The van der Waals surface area contributed by atoms with Crippen LogP contribution in [-0.4, -0.2) is 46.4 Å². The van der Waals surface area contributed by atoms with Crippen LogP contribution in [0.1, 0.15) is 35.6 Å². The van der Waals surface area contributed by atoms with Crippen LogP contribution in [0.15, 0.2) is 64.3 Å². The molecular weight excluding hydrogens is 474 g/mol. The summed E-state index contributed by atoms with van der Waals surface area (Å²) < 4.78 is 27.6. The van der Waals surface area contributed by atoms with Crippen molar-refractivity contribution >= 4 is 21.6 Å². The van der Waals surface area contributed by atoms with Crippen LogP contribution in [0.4, 0.5) is 5.69 Å². The molecule has 0 fully saturated rings. The number of aromatic nitrogens is 2. The second-order valence-electron chi connectivity index (χ2n) is 8.10. The van der Waals surface area contributed by atoms with Crippen LogP contribution in [0.2, 0.25) is 0 Å². The number of para-hydroxylation sites is 2. The number of rotatable bonds is 8. The number of benzene rings is 2. The number of hydrogen-bond donors (Lipinski definition) is 1. The van der Waals surface area contributed by atoms with Crippen LogP contribution in [0.5, 0.6) is 0 Å². The molecule has 1 N–H and O–H groups in total. The Labute approximate surface area is 202 Å². The fourth-order valence-electron chi connectivity index (χ4n) is 3.24. The number of carbonyl (C=O) groups excluding carboxylic acids is 1. The van der Waals surface area contributed by atoms with E-state index in [1.54, 1.807) is 39.0 Å². The Hall–Kier alpha value is -3.90. The van der Waals surface area contributed by atoms with E-state index in [0.717, 1.165) is 0 Å². The monoisotopic (exact) mass is 499 g/mol. The SMILES string of the molecule is Cc1cc(=O)c(C(=O)NCc2ccc(S(=O)(=O)N(C)C(C)C)cc2)nn1-c1ccccc1[N+](=O)[O-]. The molecule has 0 radical (unpaired) electrons. The van der Waals surface area contributed by atoms with Crippen LogP contribution < -0.4 is 10.7 Å². The van der Waals surface area contributed by atoms with Gasteiger partial charge in [-0.05, 0) is 44.5 Å². The lowest BCUT2D eigenvalue weighted by Gasteiger charge is -2.21. The van der Waals surface area contributed by atoms with Crippen LogP contribution in [0.25, 0.3) is 5.69 Å². The number of amides is 1. The highest BCUT2D eigenvalue weighted by molar-refractivity contribution is 7.89. The number of nitro groups is 1. The summed E-state index contributed by atoms with van der Waals surface area (Å²) in [5.41, 5.74) is -0.234. The van der Waals surface area contributed by atoms with Crippen molar-refractivity contribution < 1.29 is 18.1 Å². The van der Waals surface area contributed by atoms with Gasteiger partial charge in [0, 0.05) is 37.5 Å². The maximum atomic E-state index is 12.7. The van der Waals surface area contributed by atoms with E-state index in [4.69, 9.17) is 0 Å². The minimum atomic E-state index is -3.64. The Morgan fingerprint density at radius 3 is 2.40 bits per heavy atom. The first-order chi connectivity index (χ1) is 16.4. The molecule has 3 aromatic rings. The summed E-state index contributed by atoms with van der Waals surface area (Å²) in [6, 6.07) is 12.9. The van der Waals surface area contributed by atoms with Gasteiger partial charge in [0.1, 0.15) is 5.69 Å². The van der Waals surface area contributed by atoms with Crippen molar-refractivity contribution in [2.45, 2.75) is 38.3 Å². The maximum Gasteiger partial charge on any atom is 0.294 e. The third-order valence-corrected chi connectivity index (χ3v) is 7.46. The van der Waals surface area contributed by atoms with Gasteiger partial charge in [0.05, 0.1) is 9.82 Å². The number of hydrogen-bond acceptors (Lipinski definition) is 7.